The molecule has 0 saturated heterocycles. The van der Waals surface area contributed by atoms with E-state index >= 15 is 0 Å². The Morgan fingerprint density at radius 1 is 1.10 bits per heavy atom. The summed E-state index contributed by atoms with van der Waals surface area (Å²) >= 11 is 0. The van der Waals surface area contributed by atoms with Crippen LogP contribution in [0.1, 0.15) is 56.6 Å². The Kier molecular flexibility index (Phi) is 10.2. The molecule has 1 aliphatic rings. The lowest BCUT2D eigenvalue weighted by Crippen LogP contribution is -2.38. The minimum absolute atomic E-state index is 0.0149. The average Bonchev–Trinajstić information content (AvgIpc) is 3.52. The van der Waals surface area contributed by atoms with Gasteiger partial charge in [-0.05, 0) is 50.7 Å². The molecule has 162 valence electrons. The van der Waals surface area contributed by atoms with Crippen molar-refractivity contribution in [3.63, 3.8) is 0 Å². The maximum absolute atomic E-state index is 12.6. The van der Waals surface area contributed by atoms with E-state index in [1.54, 1.807) is 0 Å². The van der Waals surface area contributed by atoms with Crippen molar-refractivity contribution in [3.05, 3.63) is 29.3 Å². The van der Waals surface area contributed by atoms with E-state index in [2.05, 4.69) is 22.5 Å². The van der Waals surface area contributed by atoms with E-state index in [0.29, 0.717) is 38.7 Å². The summed E-state index contributed by atoms with van der Waals surface area (Å²) in [4.78, 5) is 26.8. The molecule has 1 aliphatic carbocycles. The summed E-state index contributed by atoms with van der Waals surface area (Å²) in [6, 6.07) is 6.42. The maximum Gasteiger partial charge on any atom is 0.238 e. The molecular weight excluding hydrogens is 366 g/mol. The van der Waals surface area contributed by atoms with Gasteiger partial charge >= 0.3 is 0 Å². The van der Waals surface area contributed by atoms with Crippen molar-refractivity contribution in [1.29, 1.82) is 0 Å². The standard InChI is InChI=1S/C23H37N3O3/c1-4-5-15-29-16-7-13-24-21(27)12-14-26(20-10-11-20)17-22(28)25-23-18(2)8-6-9-19(23)3/h6,8-9,20H,4-5,7,10-17H2,1-3H3,(H,24,27)(H,25,28). The minimum Gasteiger partial charge on any atom is -0.381 e. The highest BCUT2D eigenvalue weighted by molar-refractivity contribution is 5.93. The largest absolute Gasteiger partial charge is 0.381 e. The zero-order valence-electron chi connectivity index (χ0n) is 18.3. The number of carbonyl (C=O) groups excluding carboxylic acids is 2. The molecule has 1 aromatic rings. The molecule has 0 aliphatic heterocycles. The van der Waals surface area contributed by atoms with Crippen LogP contribution in [-0.4, -0.2) is 55.6 Å². The number of nitrogens with one attached hydrogen (secondary N) is 2. The highest BCUT2D eigenvalue weighted by Crippen LogP contribution is 2.27. The third-order valence-electron chi connectivity index (χ3n) is 5.21. The van der Waals surface area contributed by atoms with Gasteiger partial charge in [0.1, 0.15) is 0 Å². The van der Waals surface area contributed by atoms with Crippen LogP contribution in [0.15, 0.2) is 18.2 Å². The Morgan fingerprint density at radius 2 is 1.79 bits per heavy atom. The number of carbonyl (C=O) groups is 2. The molecule has 1 saturated carbocycles. The Hall–Kier alpha value is -1.92. The molecule has 0 heterocycles. The fourth-order valence-electron chi connectivity index (χ4n) is 3.29. The van der Waals surface area contributed by atoms with Crippen LogP contribution < -0.4 is 10.6 Å². The monoisotopic (exact) mass is 403 g/mol. The number of benzene rings is 1. The lowest BCUT2D eigenvalue weighted by atomic mass is 10.1. The molecule has 6 heteroatoms. The van der Waals surface area contributed by atoms with E-state index in [9.17, 15) is 9.59 Å². The van der Waals surface area contributed by atoms with Crippen molar-refractivity contribution in [3.8, 4) is 0 Å². The summed E-state index contributed by atoms with van der Waals surface area (Å²) in [6.07, 6.45) is 5.68. The van der Waals surface area contributed by atoms with Gasteiger partial charge in [-0.15, -0.1) is 0 Å². The van der Waals surface area contributed by atoms with Crippen molar-refractivity contribution in [2.45, 2.75) is 65.3 Å². The summed E-state index contributed by atoms with van der Waals surface area (Å²) in [5, 5.41) is 6.00. The second kappa shape index (κ2) is 12.6. The lowest BCUT2D eigenvalue weighted by molar-refractivity contribution is -0.122. The zero-order valence-corrected chi connectivity index (χ0v) is 18.3. The predicted molar refractivity (Wildman–Crippen MR) is 117 cm³/mol. The second-order valence-corrected chi connectivity index (χ2v) is 7.94. The minimum atomic E-state index is -0.0149. The average molecular weight is 404 g/mol. The van der Waals surface area contributed by atoms with Gasteiger partial charge in [0, 0.05) is 44.5 Å². The van der Waals surface area contributed by atoms with Crippen LogP contribution in [0.4, 0.5) is 5.69 Å². The van der Waals surface area contributed by atoms with Crippen molar-refractivity contribution < 1.29 is 14.3 Å². The number of nitrogens with zero attached hydrogens (tertiary/aromatic N) is 1. The summed E-state index contributed by atoms with van der Waals surface area (Å²) in [5.74, 6) is 0.0262. The first-order valence-corrected chi connectivity index (χ1v) is 11.0. The molecule has 0 unspecified atom stereocenters. The molecule has 0 spiro atoms. The molecule has 1 aromatic carbocycles. The van der Waals surface area contributed by atoms with Crippen LogP contribution >= 0.6 is 0 Å². The molecule has 2 rings (SSSR count). The molecule has 6 nitrogen and oxygen atoms in total. The Balaban J connectivity index is 1.68. The first-order chi connectivity index (χ1) is 14.0. The normalized spacial score (nSPS) is 13.5. The van der Waals surface area contributed by atoms with E-state index in [1.807, 2.05) is 32.0 Å². The van der Waals surface area contributed by atoms with E-state index in [-0.39, 0.29) is 11.8 Å². The van der Waals surface area contributed by atoms with Gasteiger partial charge in [0.15, 0.2) is 0 Å². The molecule has 0 bridgehead atoms. The summed E-state index contributed by atoms with van der Waals surface area (Å²) in [6.45, 7) is 9.21. The van der Waals surface area contributed by atoms with Gasteiger partial charge in [-0.25, -0.2) is 0 Å². The van der Waals surface area contributed by atoms with Gasteiger partial charge in [0.2, 0.25) is 11.8 Å². The van der Waals surface area contributed by atoms with Gasteiger partial charge in [0.05, 0.1) is 6.54 Å². The molecule has 2 amide bonds. The Bertz CT molecular complexity index is 639. The molecule has 29 heavy (non-hydrogen) atoms. The zero-order chi connectivity index (χ0) is 21.1. The van der Waals surface area contributed by atoms with Crippen LogP contribution in [-0.2, 0) is 14.3 Å². The van der Waals surface area contributed by atoms with Crippen LogP contribution in [0.2, 0.25) is 0 Å². The maximum atomic E-state index is 12.6. The number of rotatable bonds is 14. The summed E-state index contributed by atoms with van der Waals surface area (Å²) < 4.78 is 5.50. The van der Waals surface area contributed by atoms with Crippen LogP contribution in [0, 0.1) is 13.8 Å². The second-order valence-electron chi connectivity index (χ2n) is 7.94. The SMILES string of the molecule is CCCCOCCCNC(=O)CCN(CC(=O)Nc1c(C)cccc1C)C1CC1. The number of para-hydroxylation sites is 1. The van der Waals surface area contributed by atoms with Crippen LogP contribution in [0.5, 0.6) is 0 Å². The number of aryl methyl sites for hydroxylation is 2. The molecule has 0 atom stereocenters. The van der Waals surface area contributed by atoms with E-state index in [0.717, 1.165) is 55.5 Å². The predicted octanol–water partition coefficient (Wildman–Crippen LogP) is 3.42. The molecule has 2 N–H and O–H groups in total. The number of ether oxygens (including phenoxy) is 1. The third kappa shape index (κ3) is 8.96. The lowest BCUT2D eigenvalue weighted by Gasteiger charge is -2.22. The molecular formula is C23H37N3O3. The molecule has 0 aromatic heterocycles. The van der Waals surface area contributed by atoms with Crippen molar-refractivity contribution in [1.82, 2.24) is 10.2 Å². The number of hydrogen-bond donors (Lipinski definition) is 2. The van der Waals surface area contributed by atoms with Crippen molar-refractivity contribution >= 4 is 17.5 Å². The third-order valence-corrected chi connectivity index (χ3v) is 5.21. The first kappa shape index (κ1) is 23.4. The summed E-state index contributed by atoms with van der Waals surface area (Å²) in [5.41, 5.74) is 3.02. The first-order valence-electron chi connectivity index (χ1n) is 11.0. The van der Waals surface area contributed by atoms with E-state index in [1.165, 1.54) is 0 Å². The topological polar surface area (TPSA) is 70.7 Å². The van der Waals surface area contributed by atoms with E-state index < -0.39 is 0 Å². The number of anilines is 1. The quantitative estimate of drug-likeness (QED) is 0.467. The van der Waals surface area contributed by atoms with Gasteiger partial charge in [-0.2, -0.15) is 0 Å². The van der Waals surface area contributed by atoms with Gasteiger partial charge < -0.3 is 15.4 Å². The van der Waals surface area contributed by atoms with Gasteiger partial charge in [0.25, 0.3) is 0 Å². The van der Waals surface area contributed by atoms with Crippen molar-refractivity contribution in [2.24, 2.45) is 0 Å². The fourth-order valence-corrected chi connectivity index (χ4v) is 3.29. The Morgan fingerprint density at radius 3 is 2.45 bits per heavy atom. The Labute approximate surface area is 175 Å². The number of amides is 2. The molecule has 0 radical (unpaired) electrons. The van der Waals surface area contributed by atoms with Crippen molar-refractivity contribution in [2.75, 3.05) is 38.2 Å². The highest BCUT2D eigenvalue weighted by atomic mass is 16.5. The smallest absolute Gasteiger partial charge is 0.238 e. The van der Waals surface area contributed by atoms with Gasteiger partial charge in [-0.1, -0.05) is 31.5 Å². The van der Waals surface area contributed by atoms with Crippen LogP contribution in [0.3, 0.4) is 0 Å². The molecule has 1 fully saturated rings. The van der Waals surface area contributed by atoms with Gasteiger partial charge in [-0.3, -0.25) is 14.5 Å². The fraction of sp³-hybridized carbons (Fsp3) is 0.652. The van der Waals surface area contributed by atoms with E-state index in [4.69, 9.17) is 4.74 Å². The number of unbranched alkanes of at least 4 members (excludes halogenated alkanes) is 1. The number of hydrogen-bond acceptors (Lipinski definition) is 4. The summed E-state index contributed by atoms with van der Waals surface area (Å²) in [7, 11) is 0. The highest BCUT2D eigenvalue weighted by Gasteiger charge is 2.30. The van der Waals surface area contributed by atoms with Crippen LogP contribution in [0.25, 0.3) is 0 Å².